The summed E-state index contributed by atoms with van der Waals surface area (Å²) in [5, 5.41) is 15.9. The average Bonchev–Trinajstić information content (AvgIpc) is 2.71. The van der Waals surface area contributed by atoms with E-state index >= 15 is 0 Å². The first-order chi connectivity index (χ1) is 7.68. The lowest BCUT2D eigenvalue weighted by Gasteiger charge is -2.22. The summed E-state index contributed by atoms with van der Waals surface area (Å²) in [7, 11) is 0. The lowest BCUT2D eigenvalue weighted by atomic mass is 9.83. The number of aromatic amines is 1. The quantitative estimate of drug-likeness (QED) is 0.768. The van der Waals surface area contributed by atoms with Crippen LogP contribution < -0.4 is 0 Å². The number of carboxylic acid groups (broad SMARTS) is 1. The summed E-state index contributed by atoms with van der Waals surface area (Å²) in [6.45, 7) is 2.13. The second-order valence-electron chi connectivity index (χ2n) is 4.39. The van der Waals surface area contributed by atoms with E-state index in [0.717, 1.165) is 24.8 Å². The van der Waals surface area contributed by atoms with Crippen molar-refractivity contribution in [3.8, 4) is 0 Å². The summed E-state index contributed by atoms with van der Waals surface area (Å²) >= 11 is 0. The number of rotatable bonds is 3. The summed E-state index contributed by atoms with van der Waals surface area (Å²) in [6.07, 6.45) is 6.80. The fourth-order valence-electron chi connectivity index (χ4n) is 2.32. The van der Waals surface area contributed by atoms with E-state index in [4.69, 9.17) is 0 Å². The summed E-state index contributed by atoms with van der Waals surface area (Å²) in [5.41, 5.74) is 1.68. The predicted octanol–water partition coefficient (Wildman–Crippen LogP) is 2.32. The molecule has 0 aliphatic heterocycles. The van der Waals surface area contributed by atoms with Gasteiger partial charge in [0.1, 0.15) is 5.92 Å². The zero-order valence-electron chi connectivity index (χ0n) is 9.31. The van der Waals surface area contributed by atoms with Gasteiger partial charge in [-0.05, 0) is 31.2 Å². The van der Waals surface area contributed by atoms with Crippen molar-refractivity contribution in [2.75, 3.05) is 0 Å². The molecule has 0 radical (unpaired) electrons. The number of nitrogens with one attached hydrogen (secondary N) is 1. The van der Waals surface area contributed by atoms with Gasteiger partial charge in [0.2, 0.25) is 0 Å². The van der Waals surface area contributed by atoms with Crippen LogP contribution in [0, 0.1) is 5.92 Å². The Morgan fingerprint density at radius 3 is 3.06 bits per heavy atom. The number of carbonyl (C=O) groups is 1. The molecule has 86 valence electrons. The summed E-state index contributed by atoms with van der Waals surface area (Å²) < 4.78 is 0. The second-order valence-corrected chi connectivity index (χ2v) is 4.39. The van der Waals surface area contributed by atoms with Gasteiger partial charge in [0.25, 0.3) is 0 Å². The predicted molar refractivity (Wildman–Crippen MR) is 60.1 cm³/mol. The van der Waals surface area contributed by atoms with Gasteiger partial charge >= 0.3 is 5.97 Å². The Hall–Kier alpha value is -1.58. The number of nitrogens with zero attached hydrogens (tertiary/aromatic N) is 1. The Labute approximate surface area is 94.4 Å². The molecule has 4 heteroatoms. The van der Waals surface area contributed by atoms with Gasteiger partial charge in [-0.3, -0.25) is 9.89 Å². The number of hydrogen-bond acceptors (Lipinski definition) is 2. The molecule has 0 fully saturated rings. The molecular formula is C12H16N2O2. The van der Waals surface area contributed by atoms with E-state index in [1.54, 1.807) is 12.3 Å². The molecule has 0 saturated heterocycles. The molecule has 2 rings (SSSR count). The normalized spacial score (nSPS) is 22.6. The topological polar surface area (TPSA) is 66.0 Å². The number of carboxylic acids is 1. The van der Waals surface area contributed by atoms with Crippen molar-refractivity contribution in [1.82, 2.24) is 10.2 Å². The molecule has 0 amide bonds. The molecule has 2 unspecified atom stereocenters. The van der Waals surface area contributed by atoms with Crippen molar-refractivity contribution in [2.45, 2.75) is 32.1 Å². The molecule has 1 heterocycles. The Balaban J connectivity index is 2.30. The molecule has 16 heavy (non-hydrogen) atoms. The minimum absolute atomic E-state index is 0.480. The lowest BCUT2D eigenvalue weighted by molar-refractivity contribution is -0.138. The number of allylic oxidation sites excluding steroid dienone is 1. The third-order valence-corrected chi connectivity index (χ3v) is 3.07. The Bertz CT molecular complexity index is 395. The van der Waals surface area contributed by atoms with Gasteiger partial charge in [0.15, 0.2) is 0 Å². The lowest BCUT2D eigenvalue weighted by Crippen LogP contribution is -2.17. The van der Waals surface area contributed by atoms with E-state index < -0.39 is 11.9 Å². The van der Waals surface area contributed by atoms with Crippen LogP contribution in [0.1, 0.15) is 37.8 Å². The highest BCUT2D eigenvalue weighted by Crippen LogP contribution is 2.32. The maximum absolute atomic E-state index is 11.3. The van der Waals surface area contributed by atoms with Crippen molar-refractivity contribution < 1.29 is 9.90 Å². The summed E-state index contributed by atoms with van der Waals surface area (Å²) in [6, 6.07) is 1.74. The van der Waals surface area contributed by atoms with Crippen molar-refractivity contribution in [2.24, 2.45) is 5.92 Å². The van der Waals surface area contributed by atoms with Crippen LogP contribution in [0.4, 0.5) is 0 Å². The van der Waals surface area contributed by atoms with Gasteiger partial charge in [-0.15, -0.1) is 0 Å². The molecule has 1 aromatic rings. The highest BCUT2D eigenvalue weighted by atomic mass is 16.4. The van der Waals surface area contributed by atoms with E-state index in [9.17, 15) is 9.90 Å². The maximum Gasteiger partial charge on any atom is 0.316 e. The number of aliphatic carboxylic acids is 1. The molecule has 2 N–H and O–H groups in total. The zero-order chi connectivity index (χ0) is 11.5. The fourth-order valence-corrected chi connectivity index (χ4v) is 2.32. The van der Waals surface area contributed by atoms with Crippen LogP contribution in [-0.2, 0) is 4.79 Å². The maximum atomic E-state index is 11.3. The van der Waals surface area contributed by atoms with Crippen LogP contribution in [0.25, 0.3) is 0 Å². The molecular weight excluding hydrogens is 204 g/mol. The fraction of sp³-hybridized carbons (Fsp3) is 0.500. The highest BCUT2D eigenvalue weighted by Gasteiger charge is 2.27. The third kappa shape index (κ3) is 2.15. The zero-order valence-corrected chi connectivity index (χ0v) is 9.31. The van der Waals surface area contributed by atoms with Crippen molar-refractivity contribution in [1.29, 1.82) is 0 Å². The average molecular weight is 220 g/mol. The van der Waals surface area contributed by atoms with Crippen molar-refractivity contribution >= 4 is 5.97 Å². The van der Waals surface area contributed by atoms with Gasteiger partial charge in [-0.2, -0.15) is 5.10 Å². The largest absolute Gasteiger partial charge is 0.480 e. The number of H-pyrrole nitrogens is 1. The van der Waals surface area contributed by atoms with Crippen LogP contribution in [0.2, 0.25) is 0 Å². The Morgan fingerprint density at radius 2 is 2.50 bits per heavy atom. The van der Waals surface area contributed by atoms with Crippen LogP contribution in [0.3, 0.4) is 0 Å². The molecule has 2 atom stereocenters. The van der Waals surface area contributed by atoms with E-state index in [-0.39, 0.29) is 0 Å². The first-order valence-corrected chi connectivity index (χ1v) is 5.61. The van der Waals surface area contributed by atoms with Crippen molar-refractivity contribution in [3.63, 3.8) is 0 Å². The van der Waals surface area contributed by atoms with Gasteiger partial charge < -0.3 is 5.11 Å². The van der Waals surface area contributed by atoms with Crippen LogP contribution in [0.15, 0.2) is 23.9 Å². The van der Waals surface area contributed by atoms with Gasteiger partial charge in [0.05, 0.1) is 5.69 Å². The second kappa shape index (κ2) is 4.51. The van der Waals surface area contributed by atoms with Crippen molar-refractivity contribution in [3.05, 3.63) is 29.6 Å². The molecule has 1 aromatic heterocycles. The van der Waals surface area contributed by atoms with E-state index in [2.05, 4.69) is 23.2 Å². The minimum atomic E-state index is -0.801. The van der Waals surface area contributed by atoms with E-state index in [1.165, 1.54) is 0 Å². The number of aromatic nitrogens is 2. The Morgan fingerprint density at radius 1 is 1.69 bits per heavy atom. The minimum Gasteiger partial charge on any atom is -0.480 e. The molecule has 0 saturated carbocycles. The monoisotopic (exact) mass is 220 g/mol. The smallest absolute Gasteiger partial charge is 0.316 e. The SMILES string of the molecule is CC1C=C(C(C(=O)O)c2ccn[nH]2)CCC1. The standard InChI is InChI=1S/C12H16N2O2/c1-8-3-2-4-9(7-8)11(12(15)16)10-5-6-13-14-10/h5-8,11H,2-4H2,1H3,(H,13,14)(H,15,16). The van der Waals surface area contributed by atoms with Crippen LogP contribution in [0.5, 0.6) is 0 Å². The van der Waals surface area contributed by atoms with Gasteiger partial charge in [-0.25, -0.2) is 0 Å². The first-order valence-electron chi connectivity index (χ1n) is 5.61. The molecule has 1 aliphatic carbocycles. The summed E-state index contributed by atoms with van der Waals surface area (Å²) in [4.78, 5) is 11.3. The molecule has 0 bridgehead atoms. The summed E-state index contributed by atoms with van der Waals surface area (Å²) in [5.74, 6) is -0.872. The molecule has 1 aliphatic rings. The van der Waals surface area contributed by atoms with Crippen LogP contribution >= 0.6 is 0 Å². The molecule has 0 aromatic carbocycles. The van der Waals surface area contributed by atoms with Gasteiger partial charge in [0, 0.05) is 6.20 Å². The highest BCUT2D eigenvalue weighted by molar-refractivity contribution is 5.79. The van der Waals surface area contributed by atoms with Gasteiger partial charge in [-0.1, -0.05) is 18.6 Å². The molecule has 4 nitrogen and oxygen atoms in total. The Kier molecular flexibility index (Phi) is 3.08. The first kappa shape index (κ1) is 10.9. The van der Waals surface area contributed by atoms with Crippen LogP contribution in [-0.4, -0.2) is 21.3 Å². The number of hydrogen-bond donors (Lipinski definition) is 2. The molecule has 0 spiro atoms. The van der Waals surface area contributed by atoms with E-state index in [1.807, 2.05) is 0 Å². The van der Waals surface area contributed by atoms with E-state index in [0.29, 0.717) is 11.6 Å². The third-order valence-electron chi connectivity index (χ3n) is 3.07.